The standard InChI is InChI=1S/C28H40N2O2/c1-26(2,18-8-6-5-7-9-18)30-25(32)22-12-11-20-19-10-13-23-28(4,17-15-24(31)29-23)21(19)14-16-27(20,22)3/h5-9,19-23H,10-17H2,1-4H3,(H,29,31)(H,30,32)/t19-,20-,21-,22+,23+,27-,28+/m0/s1. The van der Waals surface area contributed by atoms with Crippen LogP contribution in [0.5, 0.6) is 0 Å². The molecule has 4 aliphatic rings. The third-order valence-corrected chi connectivity index (χ3v) is 10.3. The molecule has 7 atom stereocenters. The molecule has 2 N–H and O–H groups in total. The highest BCUT2D eigenvalue weighted by molar-refractivity contribution is 5.81. The van der Waals surface area contributed by atoms with Gasteiger partial charge in [0, 0.05) is 18.4 Å². The van der Waals surface area contributed by atoms with Crippen LogP contribution in [0.2, 0.25) is 0 Å². The van der Waals surface area contributed by atoms with Gasteiger partial charge in [-0.05, 0) is 92.9 Å². The Morgan fingerprint density at radius 1 is 0.969 bits per heavy atom. The van der Waals surface area contributed by atoms with Gasteiger partial charge in [-0.25, -0.2) is 0 Å². The fraction of sp³-hybridized carbons (Fsp3) is 0.714. The normalized spacial score (nSPS) is 41.1. The number of carbonyl (C=O) groups is 2. The number of hydrogen-bond acceptors (Lipinski definition) is 2. The maximum Gasteiger partial charge on any atom is 0.224 e. The van der Waals surface area contributed by atoms with Crippen LogP contribution in [0.1, 0.15) is 84.6 Å². The van der Waals surface area contributed by atoms with E-state index in [4.69, 9.17) is 0 Å². The van der Waals surface area contributed by atoms with Crippen LogP contribution >= 0.6 is 0 Å². The lowest BCUT2D eigenvalue weighted by Crippen LogP contribution is -2.61. The Bertz CT molecular complexity index is 896. The molecule has 0 unspecified atom stereocenters. The van der Waals surface area contributed by atoms with Crippen LogP contribution in [0.3, 0.4) is 0 Å². The molecule has 0 radical (unpaired) electrons. The van der Waals surface area contributed by atoms with Gasteiger partial charge in [-0.15, -0.1) is 0 Å². The Labute approximate surface area is 193 Å². The molecule has 1 saturated heterocycles. The van der Waals surface area contributed by atoms with Crippen molar-refractivity contribution < 1.29 is 9.59 Å². The van der Waals surface area contributed by atoms with E-state index in [9.17, 15) is 9.59 Å². The van der Waals surface area contributed by atoms with Gasteiger partial charge in [-0.2, -0.15) is 0 Å². The zero-order valence-electron chi connectivity index (χ0n) is 20.2. The molecule has 4 fully saturated rings. The van der Waals surface area contributed by atoms with Crippen LogP contribution in [0.4, 0.5) is 0 Å². The Hall–Kier alpha value is -1.84. The van der Waals surface area contributed by atoms with Crippen molar-refractivity contribution in [3.63, 3.8) is 0 Å². The van der Waals surface area contributed by atoms with E-state index in [1.807, 2.05) is 18.2 Å². The molecule has 2 amide bonds. The molecule has 4 heteroatoms. The summed E-state index contributed by atoms with van der Waals surface area (Å²) in [6.45, 7) is 9.09. The lowest BCUT2D eigenvalue weighted by molar-refractivity contribution is -0.142. The third kappa shape index (κ3) is 3.31. The Morgan fingerprint density at radius 3 is 2.44 bits per heavy atom. The van der Waals surface area contributed by atoms with Crippen LogP contribution in [0.15, 0.2) is 30.3 Å². The van der Waals surface area contributed by atoms with Gasteiger partial charge in [0.25, 0.3) is 0 Å². The van der Waals surface area contributed by atoms with Crippen molar-refractivity contribution in [1.82, 2.24) is 10.6 Å². The average Bonchev–Trinajstić information content (AvgIpc) is 3.12. The van der Waals surface area contributed by atoms with Crippen LogP contribution in [-0.4, -0.2) is 17.9 Å². The minimum absolute atomic E-state index is 0.0964. The number of rotatable bonds is 3. The summed E-state index contributed by atoms with van der Waals surface area (Å²) >= 11 is 0. The van der Waals surface area contributed by atoms with E-state index < -0.39 is 0 Å². The largest absolute Gasteiger partial charge is 0.353 e. The molecule has 1 aromatic carbocycles. The van der Waals surface area contributed by atoms with E-state index >= 15 is 0 Å². The number of nitrogens with one attached hydrogen (secondary N) is 2. The summed E-state index contributed by atoms with van der Waals surface area (Å²) in [6, 6.07) is 10.7. The van der Waals surface area contributed by atoms with Gasteiger partial charge in [-0.3, -0.25) is 9.59 Å². The van der Waals surface area contributed by atoms with Crippen molar-refractivity contribution in [3.8, 4) is 0 Å². The Morgan fingerprint density at radius 2 is 1.69 bits per heavy atom. The lowest BCUT2D eigenvalue weighted by Gasteiger charge is -2.60. The number of fused-ring (bicyclic) bond motifs is 5. The predicted molar refractivity (Wildman–Crippen MR) is 127 cm³/mol. The molecule has 174 valence electrons. The first-order valence-corrected chi connectivity index (χ1v) is 12.8. The van der Waals surface area contributed by atoms with Crippen molar-refractivity contribution in [2.45, 2.75) is 90.6 Å². The topological polar surface area (TPSA) is 58.2 Å². The predicted octanol–water partition coefficient (Wildman–Crippen LogP) is 5.18. The van der Waals surface area contributed by atoms with Gasteiger partial charge in [0.2, 0.25) is 11.8 Å². The van der Waals surface area contributed by atoms with Crippen molar-refractivity contribution in [2.24, 2.45) is 34.5 Å². The fourth-order valence-electron chi connectivity index (χ4n) is 8.45. The van der Waals surface area contributed by atoms with Gasteiger partial charge in [0.15, 0.2) is 0 Å². The maximum atomic E-state index is 13.6. The second-order valence-corrected chi connectivity index (χ2v) is 12.2. The van der Waals surface area contributed by atoms with Gasteiger partial charge in [-0.1, -0.05) is 44.2 Å². The molecule has 0 bridgehead atoms. The van der Waals surface area contributed by atoms with Gasteiger partial charge < -0.3 is 10.6 Å². The van der Waals surface area contributed by atoms with E-state index in [0.717, 1.165) is 31.2 Å². The molecular formula is C28H40N2O2. The zero-order chi connectivity index (χ0) is 22.7. The second kappa shape index (κ2) is 7.60. The third-order valence-electron chi connectivity index (χ3n) is 10.3. The summed E-state index contributed by atoms with van der Waals surface area (Å²) in [6.07, 6.45) is 8.54. The van der Waals surface area contributed by atoms with Crippen molar-refractivity contribution >= 4 is 11.8 Å². The van der Waals surface area contributed by atoms with E-state index in [0.29, 0.717) is 30.2 Å². The molecule has 32 heavy (non-hydrogen) atoms. The number of benzene rings is 1. The quantitative estimate of drug-likeness (QED) is 0.686. The summed E-state index contributed by atoms with van der Waals surface area (Å²) in [5.41, 5.74) is 1.12. The molecular weight excluding hydrogens is 396 g/mol. The molecule has 0 aromatic heterocycles. The Balaban J connectivity index is 1.34. The Kier molecular flexibility index (Phi) is 5.22. The maximum absolute atomic E-state index is 13.6. The summed E-state index contributed by atoms with van der Waals surface area (Å²) in [5, 5.41) is 6.74. The second-order valence-electron chi connectivity index (χ2n) is 12.2. The van der Waals surface area contributed by atoms with Crippen LogP contribution in [0.25, 0.3) is 0 Å². The summed E-state index contributed by atoms with van der Waals surface area (Å²) in [5.74, 6) is 2.60. The SMILES string of the molecule is CC(C)(NC(=O)[C@H]1CC[C@H]2[C@@H]3CC[C@H]4NC(=O)CC[C@]4(C)[C@H]3CC[C@]12C)c1ccccc1. The summed E-state index contributed by atoms with van der Waals surface area (Å²) in [4.78, 5) is 25.7. The first-order chi connectivity index (χ1) is 15.1. The molecule has 0 spiro atoms. The number of piperidine rings is 1. The van der Waals surface area contributed by atoms with Gasteiger partial charge in [0.1, 0.15) is 0 Å². The van der Waals surface area contributed by atoms with E-state index in [1.54, 1.807) is 0 Å². The first kappa shape index (κ1) is 22.0. The first-order valence-electron chi connectivity index (χ1n) is 12.8. The summed E-state index contributed by atoms with van der Waals surface area (Å²) < 4.78 is 0. The molecule has 1 heterocycles. The highest BCUT2D eigenvalue weighted by Crippen LogP contribution is 2.65. The van der Waals surface area contributed by atoms with Crippen LogP contribution < -0.4 is 10.6 Å². The molecule has 4 nitrogen and oxygen atoms in total. The number of carbonyl (C=O) groups excluding carboxylic acids is 2. The smallest absolute Gasteiger partial charge is 0.224 e. The molecule has 1 aliphatic heterocycles. The molecule has 3 saturated carbocycles. The summed E-state index contributed by atoms with van der Waals surface area (Å²) in [7, 11) is 0. The van der Waals surface area contributed by atoms with Gasteiger partial charge in [0.05, 0.1) is 5.54 Å². The highest BCUT2D eigenvalue weighted by Gasteiger charge is 2.61. The monoisotopic (exact) mass is 436 g/mol. The number of amides is 2. The highest BCUT2D eigenvalue weighted by atomic mass is 16.2. The van der Waals surface area contributed by atoms with E-state index in [-0.39, 0.29) is 34.1 Å². The van der Waals surface area contributed by atoms with Crippen molar-refractivity contribution in [1.29, 1.82) is 0 Å². The van der Waals surface area contributed by atoms with Crippen LogP contribution in [0, 0.1) is 34.5 Å². The van der Waals surface area contributed by atoms with Crippen LogP contribution in [-0.2, 0) is 15.1 Å². The number of hydrogen-bond donors (Lipinski definition) is 2. The average molecular weight is 437 g/mol. The molecule has 1 aromatic rings. The minimum atomic E-state index is -0.365. The molecule has 3 aliphatic carbocycles. The minimum Gasteiger partial charge on any atom is -0.353 e. The van der Waals surface area contributed by atoms with Crippen molar-refractivity contribution in [2.75, 3.05) is 0 Å². The molecule has 5 rings (SSSR count). The van der Waals surface area contributed by atoms with Gasteiger partial charge >= 0.3 is 0 Å². The van der Waals surface area contributed by atoms with E-state index in [2.05, 4.69) is 50.5 Å². The lowest BCUT2D eigenvalue weighted by atomic mass is 9.47. The zero-order valence-corrected chi connectivity index (χ0v) is 20.2. The fourth-order valence-corrected chi connectivity index (χ4v) is 8.45. The van der Waals surface area contributed by atoms with E-state index in [1.165, 1.54) is 19.3 Å². The van der Waals surface area contributed by atoms with Crippen molar-refractivity contribution in [3.05, 3.63) is 35.9 Å².